The number of ether oxygens (including phenoxy) is 1. The molecule has 2 atom stereocenters. The van der Waals surface area contributed by atoms with E-state index in [-0.39, 0.29) is 34.6 Å². The van der Waals surface area contributed by atoms with Crippen LogP contribution in [0.25, 0.3) is 0 Å². The van der Waals surface area contributed by atoms with Crippen molar-refractivity contribution in [3.63, 3.8) is 0 Å². The molecule has 1 fully saturated rings. The Labute approximate surface area is 193 Å². The zero-order valence-corrected chi connectivity index (χ0v) is 18.7. The number of carboxylic acids is 1. The highest BCUT2D eigenvalue weighted by atomic mass is 32.2. The van der Waals surface area contributed by atoms with Gasteiger partial charge in [0.2, 0.25) is 11.5 Å². The lowest BCUT2D eigenvalue weighted by atomic mass is 10.0. The average molecular weight is 499 g/mol. The summed E-state index contributed by atoms with van der Waals surface area (Å²) in [4.78, 5) is 69.1. The Hall–Kier alpha value is -3.73. The number of fused-ring (bicyclic) bond motifs is 1. The number of nitrogens with zero attached hydrogens (tertiary/aromatic N) is 4. The number of rotatable bonds is 7. The van der Waals surface area contributed by atoms with E-state index in [2.05, 4.69) is 30.0 Å². The minimum absolute atomic E-state index is 0.0238. The van der Waals surface area contributed by atoms with E-state index in [1.807, 2.05) is 0 Å². The molecular formula is C16H17N7O8S2. The monoisotopic (exact) mass is 499 g/mol. The van der Waals surface area contributed by atoms with Crippen LogP contribution in [0, 0.1) is 0 Å². The van der Waals surface area contributed by atoms with Crippen LogP contribution in [0.1, 0.15) is 12.7 Å². The molecule has 3 rings (SSSR count). The number of esters is 1. The molecule has 2 aliphatic rings. The maximum atomic E-state index is 12.8. The lowest BCUT2D eigenvalue weighted by Crippen LogP contribution is -2.71. The van der Waals surface area contributed by atoms with Crippen molar-refractivity contribution in [1.29, 1.82) is 0 Å². The molecule has 0 unspecified atom stereocenters. The predicted octanol–water partition coefficient (Wildman–Crippen LogP) is -1.52. The molecule has 1 aromatic heterocycles. The smallest absolute Gasteiger partial charge is 0.433 e. The van der Waals surface area contributed by atoms with E-state index in [0.29, 0.717) is 0 Å². The van der Waals surface area contributed by atoms with Crippen LogP contribution in [0.2, 0.25) is 0 Å². The second-order valence-electron chi connectivity index (χ2n) is 6.42. The Kier molecular flexibility index (Phi) is 7.12. The Morgan fingerprint density at radius 1 is 1.36 bits per heavy atom. The molecule has 0 aliphatic carbocycles. The van der Waals surface area contributed by atoms with E-state index < -0.39 is 47.0 Å². The topological polar surface area (TPSA) is 216 Å². The summed E-state index contributed by atoms with van der Waals surface area (Å²) in [6.45, 7) is 0.903. The number of hydrogen-bond donors (Lipinski definition) is 4. The number of β-lactam (4-membered cyclic amide) rings is 1. The number of nitrogens with one attached hydrogen (secondary N) is 2. The van der Waals surface area contributed by atoms with Gasteiger partial charge in [0, 0.05) is 36.8 Å². The highest BCUT2D eigenvalue weighted by Gasteiger charge is 2.54. The van der Waals surface area contributed by atoms with Gasteiger partial charge in [-0.05, 0) is 0 Å². The molecule has 176 valence electrons. The number of aliphatic carboxylic acids is 1. The molecule has 0 saturated carbocycles. The first-order valence-electron chi connectivity index (χ1n) is 9.04. The van der Waals surface area contributed by atoms with Crippen LogP contribution in [-0.2, 0) is 28.8 Å². The van der Waals surface area contributed by atoms with Gasteiger partial charge >= 0.3 is 18.0 Å². The Morgan fingerprint density at radius 3 is 2.67 bits per heavy atom. The van der Waals surface area contributed by atoms with Gasteiger partial charge in [-0.1, -0.05) is 5.16 Å². The minimum atomic E-state index is -1.37. The molecule has 15 nitrogen and oxygen atoms in total. The number of nitrogen functional groups attached to an aromatic ring is 1. The van der Waals surface area contributed by atoms with Crippen LogP contribution in [-0.4, -0.2) is 85.7 Å². The SMILES string of the molecule is CNC(=O)ON=C(C(=O)N[C@@H]1C(=O)N2C(C(=O)O)=C(COC(C)=O)CS[C@@H]12)c1nsc(N)n1. The molecule has 0 radical (unpaired) electrons. The number of carboxylic acid groups (broad SMARTS) is 1. The van der Waals surface area contributed by atoms with Crippen molar-refractivity contribution in [3.8, 4) is 0 Å². The zero-order valence-electron chi connectivity index (χ0n) is 17.1. The molecule has 1 aromatic rings. The summed E-state index contributed by atoms with van der Waals surface area (Å²) in [7, 11) is 1.28. The van der Waals surface area contributed by atoms with Gasteiger partial charge in [0.05, 0.1) is 0 Å². The van der Waals surface area contributed by atoms with Crippen LogP contribution in [0.5, 0.6) is 0 Å². The fraction of sp³-hybridized carbons (Fsp3) is 0.375. The number of oxime groups is 1. The summed E-state index contributed by atoms with van der Waals surface area (Å²) in [5.74, 6) is -3.68. The maximum Gasteiger partial charge on any atom is 0.433 e. The van der Waals surface area contributed by atoms with Crippen molar-refractivity contribution in [1.82, 2.24) is 24.9 Å². The molecular weight excluding hydrogens is 482 g/mol. The highest BCUT2D eigenvalue weighted by Crippen LogP contribution is 2.40. The van der Waals surface area contributed by atoms with Gasteiger partial charge in [-0.25, -0.2) is 9.59 Å². The molecule has 3 amide bonds. The number of anilines is 1. The highest BCUT2D eigenvalue weighted by molar-refractivity contribution is 8.00. The molecule has 33 heavy (non-hydrogen) atoms. The van der Waals surface area contributed by atoms with E-state index in [0.717, 1.165) is 16.4 Å². The first-order valence-corrected chi connectivity index (χ1v) is 10.9. The van der Waals surface area contributed by atoms with Gasteiger partial charge in [0.1, 0.15) is 23.7 Å². The Balaban J connectivity index is 1.79. The molecule has 2 aliphatic heterocycles. The van der Waals surface area contributed by atoms with Crippen LogP contribution < -0.4 is 16.4 Å². The summed E-state index contributed by atoms with van der Waals surface area (Å²) in [6, 6.07) is -1.10. The average Bonchev–Trinajstić information content (AvgIpc) is 3.20. The zero-order chi connectivity index (χ0) is 24.3. The Morgan fingerprint density at radius 2 is 2.09 bits per heavy atom. The third-order valence-electron chi connectivity index (χ3n) is 4.28. The van der Waals surface area contributed by atoms with Crippen molar-refractivity contribution in [2.75, 3.05) is 25.1 Å². The number of aromatic nitrogens is 2. The van der Waals surface area contributed by atoms with E-state index >= 15 is 0 Å². The third kappa shape index (κ3) is 5.03. The van der Waals surface area contributed by atoms with Crippen molar-refractivity contribution in [2.24, 2.45) is 5.16 Å². The van der Waals surface area contributed by atoms with E-state index in [9.17, 15) is 29.1 Å². The van der Waals surface area contributed by atoms with Gasteiger partial charge in [-0.3, -0.25) is 24.1 Å². The minimum Gasteiger partial charge on any atom is -0.477 e. The van der Waals surface area contributed by atoms with Crippen molar-refractivity contribution in [2.45, 2.75) is 18.3 Å². The van der Waals surface area contributed by atoms with Crippen molar-refractivity contribution >= 4 is 64.0 Å². The molecule has 5 N–H and O–H groups in total. The van der Waals surface area contributed by atoms with Crippen LogP contribution in [0.4, 0.5) is 9.93 Å². The molecule has 3 heterocycles. The number of nitrogens with two attached hydrogens (primary N) is 1. The Bertz CT molecular complexity index is 1080. The number of carbonyl (C=O) groups excluding carboxylic acids is 4. The molecule has 0 bridgehead atoms. The first-order chi connectivity index (χ1) is 15.6. The third-order valence-corrected chi connectivity index (χ3v) is 6.16. The van der Waals surface area contributed by atoms with E-state index in [1.165, 1.54) is 25.7 Å². The summed E-state index contributed by atoms with van der Waals surface area (Å²) >= 11 is 1.95. The second-order valence-corrected chi connectivity index (χ2v) is 8.31. The lowest BCUT2D eigenvalue weighted by Gasteiger charge is -2.49. The normalized spacial score (nSPS) is 19.9. The predicted molar refractivity (Wildman–Crippen MR) is 113 cm³/mol. The van der Waals surface area contributed by atoms with E-state index in [1.54, 1.807) is 0 Å². The van der Waals surface area contributed by atoms with E-state index in [4.69, 9.17) is 10.5 Å². The fourth-order valence-electron chi connectivity index (χ4n) is 2.84. The second kappa shape index (κ2) is 9.82. The number of carbonyl (C=O) groups is 5. The van der Waals surface area contributed by atoms with Gasteiger partial charge in [-0.2, -0.15) is 9.36 Å². The number of hydrogen-bond acceptors (Lipinski definition) is 13. The maximum absolute atomic E-state index is 12.8. The summed E-state index contributed by atoms with van der Waals surface area (Å²) in [6.07, 6.45) is -0.964. The molecule has 17 heteroatoms. The number of thioether (sulfide) groups is 1. The van der Waals surface area contributed by atoms with Gasteiger partial charge in [-0.15, -0.1) is 11.8 Å². The molecule has 0 aromatic carbocycles. The van der Waals surface area contributed by atoms with Crippen molar-refractivity contribution in [3.05, 3.63) is 17.1 Å². The van der Waals surface area contributed by atoms with Gasteiger partial charge in [0.25, 0.3) is 11.8 Å². The fourth-order valence-corrected chi connectivity index (χ4v) is 4.60. The van der Waals surface area contributed by atoms with Crippen molar-refractivity contribution < 1.29 is 38.7 Å². The summed E-state index contributed by atoms with van der Waals surface area (Å²) in [5.41, 5.74) is 4.96. The van der Waals surface area contributed by atoms with Gasteiger partial charge < -0.3 is 26.2 Å². The summed E-state index contributed by atoms with van der Waals surface area (Å²) in [5, 5.41) is 16.9. The first kappa shape index (κ1) is 23.9. The number of amides is 3. The lowest BCUT2D eigenvalue weighted by molar-refractivity contribution is -0.150. The standard InChI is InChI=1S/C16H17N7O8S2/c1-5(24)30-3-6-4-32-13-8(12(26)23(13)9(6)14(27)28)19-11(25)7(21-31-16(29)18-2)10-20-15(17)33-22-10/h8,13H,3-4H2,1-2H3,(H,18,29)(H,19,25)(H,27,28)(H2,17,20,22)/t8-,13+/m1/s1. The van der Waals surface area contributed by atoms with Gasteiger partial charge in [0.15, 0.2) is 5.13 Å². The molecule has 0 spiro atoms. The van der Waals surface area contributed by atoms with Crippen LogP contribution in [0.3, 0.4) is 0 Å². The summed E-state index contributed by atoms with van der Waals surface area (Å²) < 4.78 is 8.71. The van der Waals surface area contributed by atoms with Crippen LogP contribution >= 0.6 is 23.3 Å². The van der Waals surface area contributed by atoms with Crippen LogP contribution in [0.15, 0.2) is 16.4 Å². The molecule has 1 saturated heterocycles. The largest absolute Gasteiger partial charge is 0.477 e. The quantitative estimate of drug-likeness (QED) is 0.111.